The second-order valence-electron chi connectivity index (χ2n) is 15.2. The van der Waals surface area contributed by atoms with E-state index in [4.69, 9.17) is 24.3 Å². The van der Waals surface area contributed by atoms with Gasteiger partial charge >= 0.3 is 19.8 Å². The molecule has 3 N–H and O–H groups in total. The highest BCUT2D eigenvalue weighted by molar-refractivity contribution is 7.47. The first-order valence-corrected chi connectivity index (χ1v) is 24.6. The number of esters is 2. The van der Waals surface area contributed by atoms with Gasteiger partial charge in [0.25, 0.3) is 0 Å². The number of phosphoric acid groups is 1. The highest BCUT2D eigenvalue weighted by Gasteiger charge is 2.26. The molecule has 0 aliphatic heterocycles. The molecule has 0 fully saturated rings. The van der Waals surface area contributed by atoms with Crippen LogP contribution in [0.2, 0.25) is 0 Å². The van der Waals surface area contributed by atoms with Crippen LogP contribution < -0.4 is 5.73 Å². The summed E-state index contributed by atoms with van der Waals surface area (Å²) in [5.74, 6) is -0.847. The van der Waals surface area contributed by atoms with E-state index in [2.05, 4.69) is 62.5 Å². The Bertz CT molecular complexity index is 1080. The molecule has 0 saturated carbocycles. The third-order valence-electron chi connectivity index (χ3n) is 9.70. The maximum atomic E-state index is 12.6. The number of allylic oxidation sites excluding steroid dienone is 8. The largest absolute Gasteiger partial charge is 0.472 e. The summed E-state index contributed by atoms with van der Waals surface area (Å²) in [5, 5.41) is 0. The van der Waals surface area contributed by atoms with E-state index in [0.29, 0.717) is 6.42 Å². The highest BCUT2D eigenvalue weighted by atomic mass is 31.2. The fraction of sp³-hybridized carbons (Fsp3) is 0.787. The molecule has 0 amide bonds. The van der Waals surface area contributed by atoms with E-state index in [0.717, 1.165) is 70.6 Å². The Morgan fingerprint density at radius 1 is 0.544 bits per heavy atom. The zero-order chi connectivity index (χ0) is 41.8. The molecule has 0 aromatic carbocycles. The average Bonchev–Trinajstić information content (AvgIpc) is 3.20. The van der Waals surface area contributed by atoms with Crippen LogP contribution in [0.3, 0.4) is 0 Å². The lowest BCUT2D eigenvalue weighted by molar-refractivity contribution is -0.161. The Morgan fingerprint density at radius 2 is 0.965 bits per heavy atom. The lowest BCUT2D eigenvalue weighted by Gasteiger charge is -2.19. The van der Waals surface area contributed by atoms with E-state index in [1.165, 1.54) is 103 Å². The van der Waals surface area contributed by atoms with E-state index in [1.54, 1.807) is 0 Å². The number of phosphoric ester groups is 1. The van der Waals surface area contributed by atoms with E-state index < -0.39 is 26.5 Å². The molecule has 57 heavy (non-hydrogen) atoms. The van der Waals surface area contributed by atoms with Crippen LogP contribution in [0.1, 0.15) is 206 Å². The Morgan fingerprint density at radius 3 is 1.46 bits per heavy atom. The van der Waals surface area contributed by atoms with Crippen molar-refractivity contribution >= 4 is 19.8 Å². The Kier molecular flexibility index (Phi) is 42.0. The Balaban J connectivity index is 4.09. The zero-order valence-electron chi connectivity index (χ0n) is 36.6. The van der Waals surface area contributed by atoms with Crippen molar-refractivity contribution in [2.75, 3.05) is 26.4 Å². The summed E-state index contributed by atoms with van der Waals surface area (Å²) in [7, 11) is -4.38. The minimum absolute atomic E-state index is 0.0491. The molecule has 9 nitrogen and oxygen atoms in total. The fourth-order valence-corrected chi connectivity index (χ4v) is 7.06. The number of carbonyl (C=O) groups is 2. The molecule has 0 saturated heterocycles. The van der Waals surface area contributed by atoms with Gasteiger partial charge in [-0.25, -0.2) is 4.57 Å². The van der Waals surface area contributed by atoms with Crippen LogP contribution in [-0.2, 0) is 32.7 Å². The molecule has 1 unspecified atom stereocenters. The van der Waals surface area contributed by atoms with Gasteiger partial charge in [0.05, 0.1) is 13.2 Å². The van der Waals surface area contributed by atoms with Gasteiger partial charge in [-0.1, -0.05) is 172 Å². The maximum Gasteiger partial charge on any atom is 0.472 e. The molecule has 2 atom stereocenters. The first-order valence-electron chi connectivity index (χ1n) is 23.1. The number of nitrogens with two attached hydrogens (primary N) is 1. The van der Waals surface area contributed by atoms with Gasteiger partial charge in [-0.15, -0.1) is 0 Å². The Labute approximate surface area is 349 Å². The quantitative estimate of drug-likeness (QED) is 0.0267. The zero-order valence-corrected chi connectivity index (χ0v) is 37.5. The van der Waals surface area contributed by atoms with Crippen molar-refractivity contribution in [1.82, 2.24) is 0 Å². The topological polar surface area (TPSA) is 134 Å². The number of carbonyl (C=O) groups excluding carboxylic acids is 2. The molecule has 0 aliphatic carbocycles. The standard InChI is InChI=1S/C47H86NO8P/c1-3-5-7-9-11-13-15-17-19-20-21-22-23-24-26-27-29-31-33-35-37-39-46(49)53-43-45(44-55-57(51,52)54-42-41-48)56-47(50)40-38-36-34-32-30-28-25-18-16-14-12-10-8-6-4-2/h6,8,12,14,17-19,25,45H,3-5,7,9-11,13,15-16,20-24,26-44,48H2,1-2H3,(H,51,52)/t45-/m1/s1. The third-order valence-corrected chi connectivity index (χ3v) is 10.7. The summed E-state index contributed by atoms with van der Waals surface area (Å²) in [4.78, 5) is 34.9. The van der Waals surface area contributed by atoms with Crippen molar-refractivity contribution < 1.29 is 37.6 Å². The number of unbranched alkanes of at least 4 members (excludes halogenated alkanes) is 22. The van der Waals surface area contributed by atoms with Gasteiger partial charge in [-0.05, 0) is 70.6 Å². The van der Waals surface area contributed by atoms with Gasteiger partial charge in [0.2, 0.25) is 0 Å². The lowest BCUT2D eigenvalue weighted by Crippen LogP contribution is -2.29. The molecule has 0 aliphatic rings. The second-order valence-corrected chi connectivity index (χ2v) is 16.7. The monoisotopic (exact) mass is 824 g/mol. The van der Waals surface area contributed by atoms with Crippen LogP contribution in [0, 0.1) is 0 Å². The summed E-state index contributed by atoms with van der Waals surface area (Å²) in [6, 6.07) is 0. The minimum atomic E-state index is -4.38. The van der Waals surface area contributed by atoms with E-state index >= 15 is 0 Å². The smallest absolute Gasteiger partial charge is 0.462 e. The first-order chi connectivity index (χ1) is 27.8. The van der Waals surface area contributed by atoms with Gasteiger partial charge in [-0.3, -0.25) is 18.6 Å². The van der Waals surface area contributed by atoms with E-state index in [-0.39, 0.29) is 38.6 Å². The number of ether oxygens (including phenoxy) is 2. The van der Waals surface area contributed by atoms with Crippen LogP contribution in [0.25, 0.3) is 0 Å². The Hall–Kier alpha value is -2.03. The molecule has 332 valence electrons. The van der Waals surface area contributed by atoms with Crippen LogP contribution in [-0.4, -0.2) is 49.3 Å². The van der Waals surface area contributed by atoms with Crippen molar-refractivity contribution in [3.05, 3.63) is 48.6 Å². The predicted molar refractivity (Wildman–Crippen MR) is 238 cm³/mol. The molecular formula is C47H86NO8P. The average molecular weight is 824 g/mol. The van der Waals surface area contributed by atoms with Gasteiger partial charge in [0.1, 0.15) is 6.61 Å². The molecule has 0 rings (SSSR count). The summed E-state index contributed by atoms with van der Waals surface area (Å²) in [6.45, 7) is 3.61. The van der Waals surface area contributed by atoms with Gasteiger partial charge in [0.15, 0.2) is 6.10 Å². The third kappa shape index (κ3) is 43.4. The van der Waals surface area contributed by atoms with E-state index in [9.17, 15) is 19.0 Å². The van der Waals surface area contributed by atoms with Crippen LogP contribution >= 0.6 is 7.82 Å². The molecule has 10 heteroatoms. The lowest BCUT2D eigenvalue weighted by atomic mass is 10.0. The van der Waals surface area contributed by atoms with Crippen LogP contribution in [0.15, 0.2) is 48.6 Å². The van der Waals surface area contributed by atoms with Gasteiger partial charge in [0, 0.05) is 19.4 Å². The summed E-state index contributed by atoms with van der Waals surface area (Å²) < 4.78 is 32.8. The highest BCUT2D eigenvalue weighted by Crippen LogP contribution is 2.43. The minimum Gasteiger partial charge on any atom is -0.462 e. The predicted octanol–water partition coefficient (Wildman–Crippen LogP) is 13.5. The second kappa shape index (κ2) is 43.5. The SMILES string of the molecule is CCC=CCC=CCC=CCCCCCCCC(=O)O[C@H](COC(=O)CCCCCCCCCCCCCC=CCCCCCCCC)COP(=O)(O)OCCN. The maximum absolute atomic E-state index is 12.6. The van der Waals surface area contributed by atoms with Crippen LogP contribution in [0.5, 0.6) is 0 Å². The van der Waals surface area contributed by atoms with Crippen molar-refractivity contribution in [1.29, 1.82) is 0 Å². The van der Waals surface area contributed by atoms with Crippen molar-refractivity contribution in [3.8, 4) is 0 Å². The molecule has 0 spiro atoms. The molecule has 0 aromatic rings. The molecule has 0 bridgehead atoms. The van der Waals surface area contributed by atoms with Crippen molar-refractivity contribution in [3.63, 3.8) is 0 Å². The number of hydrogen-bond donors (Lipinski definition) is 2. The van der Waals surface area contributed by atoms with Gasteiger partial charge in [-0.2, -0.15) is 0 Å². The van der Waals surface area contributed by atoms with E-state index in [1.807, 2.05) is 0 Å². The number of hydrogen-bond acceptors (Lipinski definition) is 8. The summed E-state index contributed by atoms with van der Waals surface area (Å²) >= 11 is 0. The van der Waals surface area contributed by atoms with Crippen molar-refractivity contribution in [2.24, 2.45) is 5.73 Å². The van der Waals surface area contributed by atoms with Crippen molar-refractivity contribution in [2.45, 2.75) is 213 Å². The fourth-order valence-electron chi connectivity index (χ4n) is 6.29. The molecule has 0 aromatic heterocycles. The normalized spacial score (nSPS) is 13.7. The summed E-state index contributed by atoms with van der Waals surface area (Å²) in [6.07, 6.45) is 50.0. The first kappa shape index (κ1) is 55.0. The molecule has 0 radical (unpaired) electrons. The number of rotatable bonds is 43. The summed E-state index contributed by atoms with van der Waals surface area (Å²) in [5.41, 5.74) is 5.35. The molecular weight excluding hydrogens is 737 g/mol. The molecule has 0 heterocycles. The van der Waals surface area contributed by atoms with Crippen LogP contribution in [0.4, 0.5) is 0 Å². The van der Waals surface area contributed by atoms with Gasteiger partial charge < -0.3 is 20.1 Å².